The molecule has 1 heterocycles. The van der Waals surface area contributed by atoms with Crippen LogP contribution in [0.2, 0.25) is 0 Å². The van der Waals surface area contributed by atoms with E-state index in [4.69, 9.17) is 0 Å². The molecule has 6 nitrogen and oxygen atoms in total. The van der Waals surface area contributed by atoms with Gasteiger partial charge < -0.3 is 10.4 Å². The van der Waals surface area contributed by atoms with E-state index >= 15 is 0 Å². The summed E-state index contributed by atoms with van der Waals surface area (Å²) in [6.45, 7) is 3.91. The van der Waals surface area contributed by atoms with Gasteiger partial charge in [-0.3, -0.25) is 10.1 Å². The first-order valence-electron chi connectivity index (χ1n) is 5.13. The van der Waals surface area contributed by atoms with Gasteiger partial charge in [-0.1, -0.05) is 13.8 Å². The number of halogens is 1. The SMILES string of the molecule is CC(C)C(CO)Nc1ncc([N+](=O)[O-])cc1Br. The Morgan fingerprint density at radius 1 is 1.65 bits per heavy atom. The van der Waals surface area contributed by atoms with Crippen LogP contribution in [-0.4, -0.2) is 27.7 Å². The quantitative estimate of drug-likeness (QED) is 0.643. The summed E-state index contributed by atoms with van der Waals surface area (Å²) >= 11 is 3.21. The molecule has 0 amide bonds. The van der Waals surface area contributed by atoms with Crippen LogP contribution < -0.4 is 5.32 Å². The molecule has 17 heavy (non-hydrogen) atoms. The first-order chi connectivity index (χ1) is 7.95. The highest BCUT2D eigenvalue weighted by Crippen LogP contribution is 2.25. The van der Waals surface area contributed by atoms with Crippen molar-refractivity contribution in [2.24, 2.45) is 5.92 Å². The lowest BCUT2D eigenvalue weighted by Gasteiger charge is -2.20. The summed E-state index contributed by atoms with van der Waals surface area (Å²) in [5, 5.41) is 22.7. The molecule has 0 saturated heterocycles. The van der Waals surface area contributed by atoms with Crippen LogP contribution in [0.5, 0.6) is 0 Å². The third kappa shape index (κ3) is 3.64. The lowest BCUT2D eigenvalue weighted by molar-refractivity contribution is -0.385. The second-order valence-electron chi connectivity index (χ2n) is 3.96. The van der Waals surface area contributed by atoms with E-state index in [0.717, 1.165) is 0 Å². The van der Waals surface area contributed by atoms with Crippen LogP contribution in [0.4, 0.5) is 11.5 Å². The topological polar surface area (TPSA) is 88.3 Å². The Balaban J connectivity index is 2.89. The fourth-order valence-electron chi connectivity index (χ4n) is 1.23. The highest BCUT2D eigenvalue weighted by Gasteiger charge is 2.16. The summed E-state index contributed by atoms with van der Waals surface area (Å²) in [7, 11) is 0. The first kappa shape index (κ1) is 13.9. The smallest absolute Gasteiger partial charge is 0.288 e. The number of nitro groups is 1. The molecule has 0 radical (unpaired) electrons. The molecule has 0 aliphatic rings. The Morgan fingerprint density at radius 3 is 2.71 bits per heavy atom. The van der Waals surface area contributed by atoms with Gasteiger partial charge in [-0.25, -0.2) is 4.98 Å². The molecule has 0 aromatic carbocycles. The third-order valence-electron chi connectivity index (χ3n) is 2.36. The van der Waals surface area contributed by atoms with Crippen LogP contribution in [0.25, 0.3) is 0 Å². The minimum absolute atomic E-state index is 0.0250. The minimum atomic E-state index is -0.506. The highest BCUT2D eigenvalue weighted by atomic mass is 79.9. The molecule has 1 unspecified atom stereocenters. The Morgan fingerprint density at radius 2 is 2.29 bits per heavy atom. The Labute approximate surface area is 107 Å². The maximum Gasteiger partial charge on any atom is 0.288 e. The van der Waals surface area contributed by atoms with E-state index in [1.807, 2.05) is 13.8 Å². The van der Waals surface area contributed by atoms with Gasteiger partial charge in [0.2, 0.25) is 0 Å². The van der Waals surface area contributed by atoms with Gasteiger partial charge in [-0.15, -0.1) is 0 Å². The number of hydrogen-bond donors (Lipinski definition) is 2. The molecule has 1 rings (SSSR count). The van der Waals surface area contributed by atoms with Crippen LogP contribution in [0, 0.1) is 16.0 Å². The fourth-order valence-corrected chi connectivity index (χ4v) is 1.68. The van der Waals surface area contributed by atoms with Gasteiger partial charge in [0.1, 0.15) is 12.0 Å². The number of pyridine rings is 1. The highest BCUT2D eigenvalue weighted by molar-refractivity contribution is 9.10. The molecule has 1 aromatic rings. The average molecular weight is 304 g/mol. The van der Waals surface area contributed by atoms with Crippen LogP contribution in [0.3, 0.4) is 0 Å². The molecule has 94 valence electrons. The second-order valence-corrected chi connectivity index (χ2v) is 4.81. The largest absolute Gasteiger partial charge is 0.394 e. The lowest BCUT2D eigenvalue weighted by Crippen LogP contribution is -2.30. The maximum absolute atomic E-state index is 10.5. The molecule has 0 aliphatic carbocycles. The Hall–Kier alpha value is -1.21. The summed E-state index contributed by atoms with van der Waals surface area (Å²) in [6.07, 6.45) is 1.18. The number of aromatic nitrogens is 1. The summed E-state index contributed by atoms with van der Waals surface area (Å²) in [6, 6.07) is 1.24. The van der Waals surface area contributed by atoms with Gasteiger partial charge in [0, 0.05) is 6.07 Å². The van der Waals surface area contributed by atoms with Gasteiger partial charge in [0.25, 0.3) is 5.69 Å². The lowest BCUT2D eigenvalue weighted by atomic mass is 10.1. The number of nitrogens with one attached hydrogen (secondary N) is 1. The number of nitrogens with zero attached hydrogens (tertiary/aromatic N) is 2. The number of anilines is 1. The van der Waals surface area contributed by atoms with Crippen molar-refractivity contribution < 1.29 is 10.0 Å². The molecule has 2 N–H and O–H groups in total. The number of aliphatic hydroxyl groups excluding tert-OH is 1. The molecule has 1 aromatic heterocycles. The molecule has 0 saturated carbocycles. The fraction of sp³-hybridized carbons (Fsp3) is 0.500. The van der Waals surface area contributed by atoms with E-state index in [1.54, 1.807) is 0 Å². The van der Waals surface area contributed by atoms with E-state index in [-0.39, 0.29) is 24.3 Å². The van der Waals surface area contributed by atoms with E-state index in [2.05, 4.69) is 26.2 Å². The third-order valence-corrected chi connectivity index (χ3v) is 2.97. The van der Waals surface area contributed by atoms with Crippen molar-refractivity contribution in [3.8, 4) is 0 Å². The summed E-state index contributed by atoms with van der Waals surface area (Å²) < 4.78 is 0.505. The molecule has 0 aliphatic heterocycles. The first-order valence-corrected chi connectivity index (χ1v) is 5.92. The van der Waals surface area contributed by atoms with E-state index < -0.39 is 4.92 Å². The minimum Gasteiger partial charge on any atom is -0.394 e. The standard InChI is InChI=1S/C10H14BrN3O3/c1-6(2)9(5-15)13-10-8(11)3-7(4-12-10)14(16)17/h3-4,6,9,15H,5H2,1-2H3,(H,12,13). The van der Waals surface area contributed by atoms with Crippen molar-refractivity contribution >= 4 is 27.4 Å². The van der Waals surface area contributed by atoms with Crippen molar-refractivity contribution in [1.82, 2.24) is 4.98 Å². The summed E-state index contributed by atoms with van der Waals surface area (Å²) in [4.78, 5) is 14.0. The molecule has 7 heteroatoms. The molecular formula is C10H14BrN3O3. The Kier molecular flexibility index (Phi) is 4.83. The van der Waals surface area contributed by atoms with Crippen LogP contribution >= 0.6 is 15.9 Å². The monoisotopic (exact) mass is 303 g/mol. The van der Waals surface area contributed by atoms with E-state index in [9.17, 15) is 15.2 Å². The number of rotatable bonds is 5. The zero-order valence-electron chi connectivity index (χ0n) is 9.55. The van der Waals surface area contributed by atoms with Crippen molar-refractivity contribution in [3.05, 3.63) is 26.9 Å². The summed E-state index contributed by atoms with van der Waals surface area (Å²) in [5.74, 6) is 0.715. The van der Waals surface area contributed by atoms with E-state index in [1.165, 1.54) is 12.3 Å². The Bertz CT molecular complexity index is 412. The van der Waals surface area contributed by atoms with Crippen LogP contribution in [-0.2, 0) is 0 Å². The normalized spacial score (nSPS) is 12.5. The van der Waals surface area contributed by atoms with Gasteiger partial charge in [-0.2, -0.15) is 0 Å². The van der Waals surface area contributed by atoms with Crippen molar-refractivity contribution in [1.29, 1.82) is 0 Å². The van der Waals surface area contributed by atoms with Gasteiger partial charge >= 0.3 is 0 Å². The van der Waals surface area contributed by atoms with Gasteiger partial charge in [0.05, 0.1) is 22.0 Å². The molecule has 0 fully saturated rings. The second kappa shape index (κ2) is 5.92. The molecule has 0 spiro atoms. The van der Waals surface area contributed by atoms with Crippen molar-refractivity contribution in [2.45, 2.75) is 19.9 Å². The average Bonchev–Trinajstić information content (AvgIpc) is 2.26. The zero-order chi connectivity index (χ0) is 13.0. The van der Waals surface area contributed by atoms with Gasteiger partial charge in [0.15, 0.2) is 0 Å². The number of hydrogen-bond acceptors (Lipinski definition) is 5. The summed E-state index contributed by atoms with van der Waals surface area (Å²) in [5.41, 5.74) is -0.0764. The van der Waals surface area contributed by atoms with Crippen molar-refractivity contribution in [2.75, 3.05) is 11.9 Å². The molecular weight excluding hydrogens is 290 g/mol. The molecule has 1 atom stereocenters. The zero-order valence-corrected chi connectivity index (χ0v) is 11.1. The molecule has 0 bridgehead atoms. The van der Waals surface area contributed by atoms with Crippen molar-refractivity contribution in [3.63, 3.8) is 0 Å². The van der Waals surface area contributed by atoms with Crippen LogP contribution in [0.15, 0.2) is 16.7 Å². The predicted octanol–water partition coefficient (Wildman–Crippen LogP) is 2.18. The predicted molar refractivity (Wildman–Crippen MR) is 67.9 cm³/mol. The maximum atomic E-state index is 10.5. The number of aliphatic hydroxyl groups is 1. The van der Waals surface area contributed by atoms with Crippen LogP contribution in [0.1, 0.15) is 13.8 Å². The van der Waals surface area contributed by atoms with E-state index in [0.29, 0.717) is 10.3 Å². The van der Waals surface area contributed by atoms with Gasteiger partial charge in [-0.05, 0) is 21.8 Å².